The molecule has 28 heavy (non-hydrogen) atoms. The second-order valence-electron chi connectivity index (χ2n) is 8.28. The molecule has 2 aliphatic rings. The van der Waals surface area contributed by atoms with Gasteiger partial charge in [-0.3, -0.25) is 4.79 Å². The fourth-order valence-electron chi connectivity index (χ4n) is 4.58. The lowest BCUT2D eigenvalue weighted by Crippen LogP contribution is -2.37. The molecule has 0 saturated heterocycles. The molecule has 0 bridgehead atoms. The molecule has 0 fully saturated rings. The highest BCUT2D eigenvalue weighted by molar-refractivity contribution is 5.87. The first kappa shape index (κ1) is 17.2. The van der Waals surface area contributed by atoms with E-state index in [2.05, 4.69) is 58.5 Å². The lowest BCUT2D eigenvalue weighted by molar-refractivity contribution is 0.132. The molecule has 5 rings (SSSR count). The normalized spacial score (nSPS) is 19.9. The monoisotopic (exact) mass is 372 g/mol. The third-order valence-electron chi connectivity index (χ3n) is 6.90. The van der Waals surface area contributed by atoms with Crippen LogP contribution in [0.4, 0.5) is 0 Å². The number of rotatable bonds is 1. The number of hydrogen-bond acceptors (Lipinski definition) is 3. The maximum Gasteiger partial charge on any atom is 0.258 e. The summed E-state index contributed by atoms with van der Waals surface area (Å²) in [7, 11) is 0. The van der Waals surface area contributed by atoms with E-state index in [0.29, 0.717) is 13.2 Å². The van der Waals surface area contributed by atoms with Crippen LogP contribution in [0.3, 0.4) is 0 Å². The minimum absolute atomic E-state index is 0.0367. The number of pyridine rings is 2. The van der Waals surface area contributed by atoms with Crippen molar-refractivity contribution in [2.45, 2.75) is 52.7 Å². The van der Waals surface area contributed by atoms with Crippen LogP contribution in [0.2, 0.25) is 0 Å². The fraction of sp³-hybridized carbons (Fsp3) is 0.333. The Morgan fingerprint density at radius 1 is 1.29 bits per heavy atom. The topological polar surface area (TPSA) is 44.1 Å². The molecule has 3 aromatic rings. The van der Waals surface area contributed by atoms with Crippen LogP contribution >= 0.6 is 0 Å². The quantitative estimate of drug-likeness (QED) is 0.484. The van der Waals surface area contributed by atoms with Crippen molar-refractivity contribution in [3.63, 3.8) is 0 Å². The van der Waals surface area contributed by atoms with E-state index in [1.165, 1.54) is 16.5 Å². The highest BCUT2D eigenvalue weighted by atomic mass is 16.5. The second kappa shape index (κ2) is 5.57. The zero-order valence-corrected chi connectivity index (χ0v) is 16.8. The van der Waals surface area contributed by atoms with Crippen LogP contribution in [-0.2, 0) is 23.3 Å². The number of aromatic nitrogens is 2. The van der Waals surface area contributed by atoms with Gasteiger partial charge in [0, 0.05) is 16.4 Å². The van der Waals surface area contributed by atoms with Crippen molar-refractivity contribution in [2.75, 3.05) is 0 Å². The minimum Gasteiger partial charge on any atom is -0.493 e. The molecular formula is C24H24N2O2. The van der Waals surface area contributed by atoms with Crippen molar-refractivity contribution >= 4 is 10.9 Å². The average molecular weight is 372 g/mol. The predicted octanol–water partition coefficient (Wildman–Crippen LogP) is 4.75. The summed E-state index contributed by atoms with van der Waals surface area (Å²) < 4.78 is 7.65. The number of hydrogen-bond donors (Lipinski definition) is 0. The molecule has 0 saturated carbocycles. The number of allylic oxidation sites excluding steroid dienone is 1. The van der Waals surface area contributed by atoms with Crippen molar-refractivity contribution in [3.05, 3.63) is 74.8 Å². The molecule has 2 aromatic heterocycles. The van der Waals surface area contributed by atoms with Gasteiger partial charge in [-0.05, 0) is 62.1 Å². The summed E-state index contributed by atoms with van der Waals surface area (Å²) >= 11 is 0. The Morgan fingerprint density at radius 2 is 2.07 bits per heavy atom. The van der Waals surface area contributed by atoms with E-state index in [0.717, 1.165) is 45.8 Å². The summed E-state index contributed by atoms with van der Waals surface area (Å²) in [5.74, 6) is 0.739. The van der Waals surface area contributed by atoms with Crippen LogP contribution in [0, 0.1) is 13.8 Å². The molecule has 4 heterocycles. The highest BCUT2D eigenvalue weighted by Crippen LogP contribution is 2.43. The molecule has 0 spiro atoms. The van der Waals surface area contributed by atoms with Crippen molar-refractivity contribution in [2.24, 2.45) is 0 Å². The number of aryl methyl sites for hydroxylation is 2. The fourth-order valence-corrected chi connectivity index (χ4v) is 4.58. The van der Waals surface area contributed by atoms with Gasteiger partial charge >= 0.3 is 0 Å². The Labute approximate surface area is 164 Å². The average Bonchev–Trinajstić information content (AvgIpc) is 3.05. The van der Waals surface area contributed by atoms with Gasteiger partial charge in [-0.2, -0.15) is 0 Å². The van der Waals surface area contributed by atoms with Crippen molar-refractivity contribution in [3.8, 4) is 11.4 Å². The molecule has 1 aromatic carbocycles. The number of ether oxygens (including phenoxy) is 1. The van der Waals surface area contributed by atoms with Crippen LogP contribution in [0.1, 0.15) is 48.1 Å². The summed E-state index contributed by atoms with van der Waals surface area (Å²) in [6.07, 6.45) is 0.832. The Bertz CT molecular complexity index is 1250. The van der Waals surface area contributed by atoms with E-state index in [4.69, 9.17) is 9.72 Å². The summed E-state index contributed by atoms with van der Waals surface area (Å²) in [4.78, 5) is 18.3. The van der Waals surface area contributed by atoms with E-state index in [1.54, 1.807) is 0 Å². The maximum absolute atomic E-state index is 13.3. The molecule has 0 radical (unpaired) electrons. The van der Waals surface area contributed by atoms with Crippen molar-refractivity contribution in [1.29, 1.82) is 0 Å². The van der Waals surface area contributed by atoms with Crippen LogP contribution in [-0.4, -0.2) is 9.55 Å². The van der Waals surface area contributed by atoms with Gasteiger partial charge < -0.3 is 9.30 Å². The summed E-state index contributed by atoms with van der Waals surface area (Å²) in [5.41, 5.74) is 7.90. The Balaban J connectivity index is 1.80. The first-order chi connectivity index (χ1) is 13.3. The SMILES string of the molecule is C=C1OCc2c(cc3n(c2=O)Cc2cc4c(C)c(C)ccc4nc2-3)[C@@]1(C)CC. The molecular weight excluding hydrogens is 348 g/mol. The lowest BCUT2D eigenvalue weighted by atomic mass is 9.75. The van der Waals surface area contributed by atoms with Gasteiger partial charge in [0.25, 0.3) is 5.56 Å². The molecule has 4 heteroatoms. The molecule has 2 aliphatic heterocycles. The predicted molar refractivity (Wildman–Crippen MR) is 112 cm³/mol. The van der Waals surface area contributed by atoms with E-state index in [1.807, 2.05) is 4.57 Å². The lowest BCUT2D eigenvalue weighted by Gasteiger charge is -2.37. The Hall–Kier alpha value is -2.88. The molecule has 142 valence electrons. The third-order valence-corrected chi connectivity index (χ3v) is 6.90. The summed E-state index contributed by atoms with van der Waals surface area (Å²) in [6, 6.07) is 8.55. The minimum atomic E-state index is -0.352. The van der Waals surface area contributed by atoms with E-state index in [-0.39, 0.29) is 11.0 Å². The Morgan fingerprint density at radius 3 is 2.82 bits per heavy atom. The number of benzene rings is 1. The molecule has 0 N–H and O–H groups in total. The van der Waals surface area contributed by atoms with Gasteiger partial charge in [-0.15, -0.1) is 0 Å². The van der Waals surface area contributed by atoms with Crippen molar-refractivity contribution in [1.82, 2.24) is 9.55 Å². The second-order valence-corrected chi connectivity index (χ2v) is 8.28. The van der Waals surface area contributed by atoms with Crippen molar-refractivity contribution < 1.29 is 4.74 Å². The van der Waals surface area contributed by atoms with Gasteiger partial charge in [-0.25, -0.2) is 4.98 Å². The largest absolute Gasteiger partial charge is 0.493 e. The smallest absolute Gasteiger partial charge is 0.258 e. The number of fused-ring (bicyclic) bond motifs is 5. The molecule has 0 unspecified atom stereocenters. The zero-order chi connectivity index (χ0) is 19.8. The van der Waals surface area contributed by atoms with Gasteiger partial charge in [0.15, 0.2) is 0 Å². The van der Waals surface area contributed by atoms with Crippen LogP contribution < -0.4 is 5.56 Å². The molecule has 0 aliphatic carbocycles. The molecule has 1 atom stereocenters. The summed E-state index contributed by atoms with van der Waals surface area (Å²) in [6.45, 7) is 13.5. The summed E-state index contributed by atoms with van der Waals surface area (Å²) in [5, 5.41) is 1.17. The number of nitrogens with zero attached hydrogens (tertiary/aromatic N) is 2. The third kappa shape index (κ3) is 2.06. The van der Waals surface area contributed by atoms with Crippen LogP contribution in [0.15, 0.2) is 41.4 Å². The van der Waals surface area contributed by atoms with E-state index >= 15 is 0 Å². The van der Waals surface area contributed by atoms with Gasteiger partial charge in [0.2, 0.25) is 0 Å². The van der Waals surface area contributed by atoms with E-state index in [9.17, 15) is 4.79 Å². The molecule has 4 nitrogen and oxygen atoms in total. The van der Waals surface area contributed by atoms with Gasteiger partial charge in [-0.1, -0.05) is 19.6 Å². The first-order valence-electron chi connectivity index (χ1n) is 9.84. The van der Waals surface area contributed by atoms with E-state index < -0.39 is 0 Å². The van der Waals surface area contributed by atoms with Gasteiger partial charge in [0.1, 0.15) is 6.61 Å². The van der Waals surface area contributed by atoms with Crippen LogP contribution in [0.5, 0.6) is 0 Å². The maximum atomic E-state index is 13.3. The van der Waals surface area contributed by atoms with Gasteiger partial charge in [0.05, 0.1) is 34.8 Å². The standard InChI is InChI=1S/C24H24N2O2/c1-6-24(5)15(4)28-12-18-19(24)10-21-22-16(11-26(21)23(18)27)9-17-14(3)13(2)7-8-20(17)25-22/h7-10H,4,6,11-12H2,1-3,5H3/t24-/m0/s1. The Kier molecular flexibility index (Phi) is 3.43. The highest BCUT2D eigenvalue weighted by Gasteiger charge is 2.39. The first-order valence-corrected chi connectivity index (χ1v) is 9.84. The zero-order valence-electron chi connectivity index (χ0n) is 16.8. The molecule has 0 amide bonds. The van der Waals surface area contributed by atoms with Crippen LogP contribution in [0.25, 0.3) is 22.3 Å².